The number of rotatable bonds is 7. The van der Waals surface area contributed by atoms with Gasteiger partial charge in [0.25, 0.3) is 0 Å². The first-order valence-corrected chi connectivity index (χ1v) is 7.08. The molecule has 1 atom stereocenters. The number of benzene rings is 1. The molecule has 1 unspecified atom stereocenters. The fraction of sp³-hybridized carbons (Fsp3) is 0.600. The summed E-state index contributed by atoms with van der Waals surface area (Å²) in [6.45, 7) is 7.45. The van der Waals surface area contributed by atoms with E-state index in [2.05, 4.69) is 26.1 Å². The molecule has 0 aliphatic rings. The summed E-state index contributed by atoms with van der Waals surface area (Å²) in [5, 5.41) is 3.66. The molecule has 0 amide bonds. The van der Waals surface area contributed by atoms with Gasteiger partial charge in [0.15, 0.2) is 0 Å². The van der Waals surface area contributed by atoms with Crippen LogP contribution in [0.4, 0.5) is 4.39 Å². The zero-order valence-electron chi connectivity index (χ0n) is 11.5. The smallest absolute Gasteiger partial charge is 0.142 e. The lowest BCUT2D eigenvalue weighted by Crippen LogP contribution is -2.29. The minimum absolute atomic E-state index is 0.200. The van der Waals surface area contributed by atoms with E-state index in [1.165, 1.54) is 0 Å². The molecule has 0 aromatic heterocycles. The first-order valence-electron chi connectivity index (χ1n) is 6.70. The Morgan fingerprint density at radius 3 is 2.61 bits per heavy atom. The van der Waals surface area contributed by atoms with Crippen LogP contribution in [-0.4, -0.2) is 12.6 Å². The van der Waals surface area contributed by atoms with Gasteiger partial charge >= 0.3 is 0 Å². The molecule has 1 N–H and O–H groups in total. The van der Waals surface area contributed by atoms with Crippen LogP contribution < -0.4 is 5.32 Å². The number of halogens is 2. The van der Waals surface area contributed by atoms with Crippen LogP contribution in [0.25, 0.3) is 0 Å². The molecule has 0 heterocycles. The largest absolute Gasteiger partial charge is 0.314 e. The maximum Gasteiger partial charge on any atom is 0.142 e. The van der Waals surface area contributed by atoms with Gasteiger partial charge in [-0.2, -0.15) is 0 Å². The van der Waals surface area contributed by atoms with Gasteiger partial charge in [-0.05, 0) is 43.0 Å². The van der Waals surface area contributed by atoms with Gasteiger partial charge in [0.2, 0.25) is 0 Å². The van der Waals surface area contributed by atoms with Crippen molar-refractivity contribution in [3.05, 3.63) is 34.6 Å². The molecule has 0 aliphatic carbocycles. The second-order valence-corrected chi connectivity index (χ2v) is 5.58. The fourth-order valence-corrected chi connectivity index (χ4v) is 2.20. The summed E-state index contributed by atoms with van der Waals surface area (Å²) >= 11 is 5.69. The maximum absolute atomic E-state index is 13.4. The lowest BCUT2D eigenvalue weighted by molar-refractivity contribution is 0.418. The Morgan fingerprint density at radius 2 is 2.06 bits per heavy atom. The van der Waals surface area contributed by atoms with Crippen molar-refractivity contribution in [3.8, 4) is 0 Å². The van der Waals surface area contributed by atoms with Gasteiger partial charge in [0.1, 0.15) is 5.82 Å². The van der Waals surface area contributed by atoms with E-state index in [9.17, 15) is 4.39 Å². The summed E-state index contributed by atoms with van der Waals surface area (Å²) in [6, 6.07) is 5.61. The van der Waals surface area contributed by atoms with Gasteiger partial charge in [-0.3, -0.25) is 0 Å². The highest BCUT2D eigenvalue weighted by Gasteiger charge is 2.11. The van der Waals surface area contributed by atoms with Crippen LogP contribution in [0.15, 0.2) is 18.2 Å². The highest BCUT2D eigenvalue weighted by molar-refractivity contribution is 6.30. The predicted molar refractivity (Wildman–Crippen MR) is 76.7 cm³/mol. The van der Waals surface area contributed by atoms with Crippen molar-refractivity contribution in [2.24, 2.45) is 5.92 Å². The average molecular weight is 272 g/mol. The third-order valence-corrected chi connectivity index (χ3v) is 3.33. The van der Waals surface area contributed by atoms with Crippen molar-refractivity contribution < 1.29 is 4.39 Å². The van der Waals surface area contributed by atoms with Crippen molar-refractivity contribution in [1.82, 2.24) is 5.32 Å². The topological polar surface area (TPSA) is 12.0 Å². The molecule has 0 saturated heterocycles. The Morgan fingerprint density at radius 1 is 1.33 bits per heavy atom. The minimum Gasteiger partial charge on any atom is -0.314 e. The molecular weight excluding hydrogens is 249 g/mol. The summed E-state index contributed by atoms with van der Waals surface area (Å²) in [5.74, 6) is 0.235. The molecule has 1 aromatic carbocycles. The van der Waals surface area contributed by atoms with Crippen molar-refractivity contribution in [2.75, 3.05) is 6.54 Å². The van der Waals surface area contributed by atoms with Crippen LogP contribution in [-0.2, 0) is 6.42 Å². The van der Waals surface area contributed by atoms with Gasteiger partial charge < -0.3 is 5.32 Å². The first kappa shape index (κ1) is 15.5. The summed E-state index contributed by atoms with van der Waals surface area (Å²) in [7, 11) is 0. The molecule has 0 aliphatic heterocycles. The third kappa shape index (κ3) is 5.36. The zero-order chi connectivity index (χ0) is 13.5. The lowest BCUT2D eigenvalue weighted by atomic mass is 9.94. The summed E-state index contributed by atoms with van der Waals surface area (Å²) in [5.41, 5.74) is 1.03. The van der Waals surface area contributed by atoms with E-state index in [0.717, 1.165) is 31.4 Å². The zero-order valence-corrected chi connectivity index (χ0v) is 12.2. The van der Waals surface area contributed by atoms with Crippen molar-refractivity contribution >= 4 is 11.6 Å². The normalized spacial score (nSPS) is 13.0. The van der Waals surface area contributed by atoms with Gasteiger partial charge in [-0.15, -0.1) is 0 Å². The summed E-state index contributed by atoms with van der Waals surface area (Å²) < 4.78 is 13.4. The number of hydrogen-bond acceptors (Lipinski definition) is 1. The average Bonchev–Trinajstić information content (AvgIpc) is 2.31. The molecule has 0 bridgehead atoms. The Labute approximate surface area is 115 Å². The van der Waals surface area contributed by atoms with E-state index in [4.69, 9.17) is 11.6 Å². The van der Waals surface area contributed by atoms with Crippen LogP contribution in [0.1, 0.15) is 39.2 Å². The van der Waals surface area contributed by atoms with Crippen LogP contribution in [0.2, 0.25) is 5.02 Å². The molecule has 1 aromatic rings. The van der Waals surface area contributed by atoms with Crippen molar-refractivity contribution in [2.45, 2.75) is 46.1 Å². The molecule has 0 spiro atoms. The second kappa shape index (κ2) is 7.75. The van der Waals surface area contributed by atoms with Gasteiger partial charge in [-0.1, -0.05) is 44.9 Å². The predicted octanol–water partition coefficient (Wildman–Crippen LogP) is 4.44. The van der Waals surface area contributed by atoms with Crippen LogP contribution >= 0.6 is 11.6 Å². The quantitative estimate of drug-likeness (QED) is 0.773. The molecule has 18 heavy (non-hydrogen) atoms. The molecule has 0 saturated carbocycles. The van der Waals surface area contributed by atoms with E-state index >= 15 is 0 Å². The van der Waals surface area contributed by atoms with Crippen molar-refractivity contribution in [3.63, 3.8) is 0 Å². The number of nitrogens with one attached hydrogen (secondary N) is 1. The van der Waals surface area contributed by atoms with E-state index in [0.29, 0.717) is 12.0 Å². The van der Waals surface area contributed by atoms with Crippen molar-refractivity contribution in [1.29, 1.82) is 0 Å². The molecule has 1 nitrogen and oxygen atoms in total. The molecule has 1 rings (SSSR count). The van der Waals surface area contributed by atoms with Gasteiger partial charge in [-0.25, -0.2) is 4.39 Å². The van der Waals surface area contributed by atoms with E-state index in [1.807, 2.05) is 6.07 Å². The summed E-state index contributed by atoms with van der Waals surface area (Å²) in [4.78, 5) is 0. The standard InChI is InChI=1S/C15H23ClFN/c1-4-5-13(10-18-11(2)3)8-12-6-7-14(16)15(17)9-12/h6-7,9,11,13,18H,4-5,8,10H2,1-3H3. The monoisotopic (exact) mass is 271 g/mol. The third-order valence-electron chi connectivity index (χ3n) is 3.02. The van der Waals surface area contributed by atoms with Crippen LogP contribution in [0.5, 0.6) is 0 Å². The number of hydrogen-bond donors (Lipinski definition) is 1. The van der Waals surface area contributed by atoms with E-state index in [-0.39, 0.29) is 10.8 Å². The molecular formula is C15H23ClFN. The highest BCUT2D eigenvalue weighted by Crippen LogP contribution is 2.19. The fourth-order valence-electron chi connectivity index (χ4n) is 2.09. The van der Waals surface area contributed by atoms with Crippen LogP contribution in [0.3, 0.4) is 0 Å². The highest BCUT2D eigenvalue weighted by atomic mass is 35.5. The summed E-state index contributed by atoms with van der Waals surface area (Å²) in [6.07, 6.45) is 3.21. The molecule has 102 valence electrons. The second-order valence-electron chi connectivity index (χ2n) is 5.17. The Balaban J connectivity index is 2.61. The molecule has 3 heteroatoms. The minimum atomic E-state index is -0.318. The van der Waals surface area contributed by atoms with Gasteiger partial charge in [0, 0.05) is 6.04 Å². The van der Waals surface area contributed by atoms with Gasteiger partial charge in [0.05, 0.1) is 5.02 Å². The Hall–Kier alpha value is -0.600. The maximum atomic E-state index is 13.4. The Kier molecular flexibility index (Phi) is 6.66. The first-order chi connectivity index (χ1) is 8.52. The Bertz CT molecular complexity index is 366. The SMILES string of the molecule is CCCC(CNC(C)C)Cc1ccc(Cl)c(F)c1. The van der Waals surface area contributed by atoms with E-state index < -0.39 is 0 Å². The van der Waals surface area contributed by atoms with Crippen LogP contribution in [0, 0.1) is 11.7 Å². The van der Waals surface area contributed by atoms with E-state index in [1.54, 1.807) is 12.1 Å². The lowest BCUT2D eigenvalue weighted by Gasteiger charge is -2.19. The molecule has 0 fully saturated rings. The molecule has 0 radical (unpaired) electrons.